The second-order valence-corrected chi connectivity index (χ2v) is 7.92. The molecule has 0 radical (unpaired) electrons. The molecule has 0 unspecified atom stereocenters. The molecule has 4 nitrogen and oxygen atoms in total. The van der Waals surface area contributed by atoms with E-state index < -0.39 is 10.0 Å². The van der Waals surface area contributed by atoms with Gasteiger partial charge in [-0.1, -0.05) is 19.3 Å². The van der Waals surface area contributed by atoms with Gasteiger partial charge in [0.15, 0.2) is 0 Å². The minimum absolute atomic E-state index is 0.244. The quantitative estimate of drug-likeness (QED) is 0.826. The molecule has 0 atom stereocenters. The first-order chi connectivity index (χ1) is 8.82. The normalized spacial score (nSPS) is 19.3. The third-order valence-electron chi connectivity index (χ3n) is 3.58. The van der Waals surface area contributed by atoms with Crippen LogP contribution in [0.3, 0.4) is 0 Å². The summed E-state index contributed by atoms with van der Waals surface area (Å²) in [6.45, 7) is 1.98. The largest absolute Gasteiger partial charge is 0.399 e. The summed E-state index contributed by atoms with van der Waals surface area (Å²) in [6.07, 6.45) is 5.10. The molecule has 0 spiro atoms. The Bertz CT molecular complexity index is 566. The summed E-state index contributed by atoms with van der Waals surface area (Å²) < 4.78 is 28.3. The molecule has 1 saturated carbocycles. The van der Waals surface area contributed by atoms with E-state index in [4.69, 9.17) is 5.73 Å². The van der Waals surface area contributed by atoms with Crippen molar-refractivity contribution in [3.05, 3.63) is 22.7 Å². The van der Waals surface area contributed by atoms with Gasteiger partial charge >= 0.3 is 0 Å². The van der Waals surface area contributed by atoms with Crippen molar-refractivity contribution < 1.29 is 8.42 Å². The molecule has 3 N–H and O–H groups in total. The Morgan fingerprint density at radius 3 is 2.47 bits per heavy atom. The number of halogens is 1. The third kappa shape index (κ3) is 3.49. The number of nitrogens with one attached hydrogen (secondary N) is 1. The van der Waals surface area contributed by atoms with Gasteiger partial charge in [0.25, 0.3) is 0 Å². The Labute approximate surface area is 122 Å². The first kappa shape index (κ1) is 14.8. The summed E-state index contributed by atoms with van der Waals surface area (Å²) in [4.78, 5) is 0.244. The molecule has 1 aromatic carbocycles. The molecular weight excluding hydrogens is 328 g/mol. The van der Waals surface area contributed by atoms with E-state index in [0.29, 0.717) is 10.2 Å². The van der Waals surface area contributed by atoms with Crippen molar-refractivity contribution in [3.8, 4) is 0 Å². The molecule has 0 amide bonds. The summed E-state index contributed by atoms with van der Waals surface area (Å²) in [5.74, 6) is 0. The van der Waals surface area contributed by atoms with Crippen LogP contribution in [0, 0.1) is 0 Å². The molecule has 0 saturated heterocycles. The van der Waals surface area contributed by atoms with Gasteiger partial charge in [-0.05, 0) is 53.9 Å². The van der Waals surface area contributed by atoms with Crippen LogP contribution in [0.1, 0.15) is 39.0 Å². The van der Waals surface area contributed by atoms with E-state index in [1.165, 1.54) is 12.5 Å². The van der Waals surface area contributed by atoms with E-state index in [9.17, 15) is 8.42 Å². The predicted octanol–water partition coefficient (Wildman–Crippen LogP) is 3.03. The summed E-state index contributed by atoms with van der Waals surface area (Å²) in [7, 11) is -3.52. The number of hydrogen-bond donors (Lipinski definition) is 2. The number of hydrogen-bond acceptors (Lipinski definition) is 3. The molecule has 2 rings (SSSR count). The Balaban J connectivity index is 2.27. The lowest BCUT2D eigenvalue weighted by atomic mass is 9.84. The van der Waals surface area contributed by atoms with Crippen LogP contribution in [0.5, 0.6) is 0 Å². The molecule has 1 aliphatic rings. The molecule has 6 heteroatoms. The van der Waals surface area contributed by atoms with Crippen LogP contribution in [0.2, 0.25) is 0 Å². The molecule has 0 aliphatic heterocycles. The Morgan fingerprint density at radius 2 is 1.89 bits per heavy atom. The van der Waals surface area contributed by atoms with E-state index in [1.54, 1.807) is 12.1 Å². The number of benzene rings is 1. The number of nitrogen functional groups attached to an aromatic ring is 1. The van der Waals surface area contributed by atoms with Crippen LogP contribution in [-0.2, 0) is 10.0 Å². The molecule has 1 aliphatic carbocycles. The number of rotatable bonds is 3. The van der Waals surface area contributed by atoms with Crippen LogP contribution < -0.4 is 10.5 Å². The SMILES string of the molecule is CC1(NS(=O)(=O)c2ccc(N)cc2Br)CCCCC1. The molecule has 0 heterocycles. The molecule has 0 bridgehead atoms. The maximum atomic E-state index is 12.5. The minimum atomic E-state index is -3.52. The van der Waals surface area contributed by atoms with Crippen LogP contribution in [0.15, 0.2) is 27.6 Å². The Morgan fingerprint density at radius 1 is 1.26 bits per heavy atom. The first-order valence-corrected chi connectivity index (χ1v) is 8.69. The van der Waals surface area contributed by atoms with Gasteiger partial charge in [-0.25, -0.2) is 13.1 Å². The van der Waals surface area contributed by atoms with E-state index in [0.717, 1.165) is 25.7 Å². The molecule has 1 fully saturated rings. The van der Waals surface area contributed by atoms with Gasteiger partial charge in [0.05, 0.1) is 4.90 Å². The summed E-state index contributed by atoms with van der Waals surface area (Å²) in [5.41, 5.74) is 5.84. The number of nitrogens with two attached hydrogens (primary N) is 1. The molecule has 106 valence electrons. The molecule has 0 aromatic heterocycles. The highest BCUT2D eigenvalue weighted by atomic mass is 79.9. The van der Waals surface area contributed by atoms with Crippen LogP contribution >= 0.6 is 15.9 Å². The standard InChI is InChI=1S/C13H19BrN2O2S/c1-13(7-3-2-4-8-13)16-19(17,18)12-6-5-10(15)9-11(12)14/h5-6,9,16H,2-4,7-8,15H2,1H3. The third-order valence-corrected chi connectivity index (χ3v) is 6.20. The van der Waals surface area contributed by atoms with Crippen LogP contribution in [-0.4, -0.2) is 14.0 Å². The van der Waals surface area contributed by atoms with Crippen LogP contribution in [0.25, 0.3) is 0 Å². The lowest BCUT2D eigenvalue weighted by molar-refractivity contribution is 0.294. The smallest absolute Gasteiger partial charge is 0.242 e. The fourth-order valence-electron chi connectivity index (χ4n) is 2.55. The van der Waals surface area contributed by atoms with Gasteiger partial charge in [0.1, 0.15) is 0 Å². The fraction of sp³-hybridized carbons (Fsp3) is 0.538. The average molecular weight is 347 g/mol. The highest BCUT2D eigenvalue weighted by Crippen LogP contribution is 2.31. The van der Waals surface area contributed by atoms with Gasteiger partial charge in [0.2, 0.25) is 10.0 Å². The van der Waals surface area contributed by atoms with Crippen molar-refractivity contribution in [1.82, 2.24) is 4.72 Å². The highest BCUT2D eigenvalue weighted by molar-refractivity contribution is 9.10. The lowest BCUT2D eigenvalue weighted by Gasteiger charge is -2.34. The van der Waals surface area contributed by atoms with Crippen molar-refractivity contribution in [2.24, 2.45) is 0 Å². The van der Waals surface area contributed by atoms with Crippen molar-refractivity contribution in [3.63, 3.8) is 0 Å². The highest BCUT2D eigenvalue weighted by Gasteiger charge is 2.32. The van der Waals surface area contributed by atoms with Gasteiger partial charge in [0, 0.05) is 15.7 Å². The van der Waals surface area contributed by atoms with Crippen molar-refractivity contribution >= 4 is 31.6 Å². The number of anilines is 1. The zero-order valence-corrected chi connectivity index (χ0v) is 13.4. The maximum absolute atomic E-state index is 12.5. The minimum Gasteiger partial charge on any atom is -0.399 e. The predicted molar refractivity (Wildman–Crippen MR) is 80.4 cm³/mol. The number of sulfonamides is 1. The van der Waals surface area contributed by atoms with E-state index in [-0.39, 0.29) is 10.4 Å². The van der Waals surface area contributed by atoms with Crippen molar-refractivity contribution in [1.29, 1.82) is 0 Å². The molecule has 1 aromatic rings. The summed E-state index contributed by atoms with van der Waals surface area (Å²) in [6, 6.07) is 4.74. The van der Waals surface area contributed by atoms with Crippen LogP contribution in [0.4, 0.5) is 5.69 Å². The second-order valence-electron chi connectivity index (χ2n) is 5.42. The van der Waals surface area contributed by atoms with Crippen molar-refractivity contribution in [2.45, 2.75) is 49.5 Å². The lowest BCUT2D eigenvalue weighted by Crippen LogP contribution is -2.47. The van der Waals surface area contributed by atoms with Gasteiger partial charge < -0.3 is 5.73 Å². The first-order valence-electron chi connectivity index (χ1n) is 6.41. The second kappa shape index (κ2) is 5.42. The fourth-order valence-corrected chi connectivity index (χ4v) is 5.11. The van der Waals surface area contributed by atoms with E-state index >= 15 is 0 Å². The molecule has 19 heavy (non-hydrogen) atoms. The van der Waals surface area contributed by atoms with Gasteiger partial charge in [-0.3, -0.25) is 0 Å². The van der Waals surface area contributed by atoms with E-state index in [1.807, 2.05) is 6.92 Å². The van der Waals surface area contributed by atoms with E-state index in [2.05, 4.69) is 20.7 Å². The monoisotopic (exact) mass is 346 g/mol. The van der Waals surface area contributed by atoms with Crippen molar-refractivity contribution in [2.75, 3.05) is 5.73 Å². The topological polar surface area (TPSA) is 72.2 Å². The van der Waals surface area contributed by atoms with Gasteiger partial charge in [-0.2, -0.15) is 0 Å². The maximum Gasteiger partial charge on any atom is 0.242 e. The average Bonchev–Trinajstić information content (AvgIpc) is 2.27. The Hall–Kier alpha value is -0.590. The summed E-state index contributed by atoms with van der Waals surface area (Å²) >= 11 is 3.27. The van der Waals surface area contributed by atoms with Gasteiger partial charge in [-0.15, -0.1) is 0 Å². The molecular formula is C13H19BrN2O2S. The zero-order valence-electron chi connectivity index (χ0n) is 10.9. The zero-order chi connectivity index (χ0) is 14.1. The summed E-state index contributed by atoms with van der Waals surface area (Å²) in [5, 5.41) is 0. The Kier molecular flexibility index (Phi) is 4.23.